The average Bonchev–Trinajstić information content (AvgIpc) is 3.07. The fourth-order valence-electron chi connectivity index (χ4n) is 2.71. The third kappa shape index (κ3) is 5.15. The second-order valence-corrected chi connectivity index (χ2v) is 10.1. The Balaban J connectivity index is 1.88. The fraction of sp³-hybridized carbons (Fsp3) is 0.350. The second kappa shape index (κ2) is 8.97. The van der Waals surface area contributed by atoms with Gasteiger partial charge < -0.3 is 9.08 Å². The summed E-state index contributed by atoms with van der Waals surface area (Å²) in [4.78, 5) is 8.23. The first kappa shape index (κ1) is 22.6. The minimum absolute atomic E-state index is 0.0370. The van der Waals surface area contributed by atoms with Gasteiger partial charge in [-0.3, -0.25) is 4.98 Å². The number of hydrogen-bond donors (Lipinski definition) is 1. The lowest BCUT2D eigenvalue weighted by Gasteiger charge is -2.23. The van der Waals surface area contributed by atoms with E-state index in [0.717, 1.165) is 6.07 Å². The monoisotopic (exact) mass is 454 g/mol. The van der Waals surface area contributed by atoms with Gasteiger partial charge >= 0.3 is 0 Å². The smallest absolute Gasteiger partial charge is 0.223 e. The van der Waals surface area contributed by atoms with Crippen LogP contribution in [0.4, 0.5) is 8.78 Å². The predicted octanol–water partition coefficient (Wildman–Crippen LogP) is 4.63. The molecule has 1 atom stereocenters. The number of nitrogens with one attached hydrogen (secondary N) is 1. The van der Waals surface area contributed by atoms with Crippen LogP contribution in [-0.2, 0) is 17.8 Å². The lowest BCUT2D eigenvalue weighted by molar-refractivity contribution is 0.394. The van der Waals surface area contributed by atoms with Gasteiger partial charge in [0.05, 0.1) is 11.3 Å². The summed E-state index contributed by atoms with van der Waals surface area (Å²) in [5, 5.41) is 3.90. The van der Waals surface area contributed by atoms with Crippen LogP contribution in [0.2, 0.25) is 5.02 Å². The third-order valence-electron chi connectivity index (χ3n) is 4.19. The first-order valence-corrected chi connectivity index (χ1v) is 10.7. The van der Waals surface area contributed by atoms with Gasteiger partial charge in [0.25, 0.3) is 0 Å². The van der Waals surface area contributed by atoms with Crippen LogP contribution in [0.5, 0.6) is 0 Å². The summed E-state index contributed by atoms with van der Waals surface area (Å²) in [7, 11) is 0. The van der Waals surface area contributed by atoms with E-state index in [1.54, 1.807) is 6.92 Å². The van der Waals surface area contributed by atoms with E-state index in [2.05, 4.69) is 19.8 Å². The molecule has 0 aliphatic carbocycles. The van der Waals surface area contributed by atoms with Crippen molar-refractivity contribution in [3.05, 3.63) is 52.6 Å². The fourth-order valence-corrected chi connectivity index (χ4v) is 3.63. The second-order valence-electron chi connectivity index (χ2n) is 7.63. The molecule has 0 spiro atoms. The first-order chi connectivity index (χ1) is 14.1. The average molecular weight is 455 g/mol. The quantitative estimate of drug-likeness (QED) is 0.546. The number of aryl methyl sites for hydroxylation is 1. The molecule has 0 saturated carbocycles. The maximum atomic E-state index is 14.7. The highest BCUT2D eigenvalue weighted by Gasteiger charge is 2.26. The van der Waals surface area contributed by atoms with Gasteiger partial charge in [0, 0.05) is 48.0 Å². The number of rotatable bonds is 6. The highest BCUT2D eigenvalue weighted by atomic mass is 35.5. The molecular weight excluding hydrogens is 434 g/mol. The highest BCUT2D eigenvalue weighted by Crippen LogP contribution is 2.35. The van der Waals surface area contributed by atoms with Crippen molar-refractivity contribution in [2.45, 2.75) is 38.9 Å². The van der Waals surface area contributed by atoms with E-state index < -0.39 is 27.7 Å². The molecular formula is C20H21ClF2N4O2S. The van der Waals surface area contributed by atoms with E-state index in [-0.39, 0.29) is 34.4 Å². The number of aromatic nitrogens is 3. The molecule has 0 aliphatic heterocycles. The Morgan fingerprint density at radius 1 is 1.20 bits per heavy atom. The van der Waals surface area contributed by atoms with Crippen molar-refractivity contribution >= 4 is 23.0 Å². The summed E-state index contributed by atoms with van der Waals surface area (Å²) in [5.74, 6) is -0.914. The van der Waals surface area contributed by atoms with Crippen LogP contribution in [0.1, 0.15) is 32.4 Å². The maximum absolute atomic E-state index is 14.7. The van der Waals surface area contributed by atoms with Crippen molar-refractivity contribution in [2.75, 3.05) is 6.54 Å². The summed E-state index contributed by atoms with van der Waals surface area (Å²) in [5.41, 5.74) is 0.871. The molecule has 1 N–H and O–H groups in total. The predicted molar refractivity (Wildman–Crippen MR) is 112 cm³/mol. The third-order valence-corrected chi connectivity index (χ3v) is 5.98. The maximum Gasteiger partial charge on any atom is 0.223 e. The molecule has 0 fully saturated rings. The van der Waals surface area contributed by atoms with Crippen LogP contribution in [0.15, 0.2) is 28.9 Å². The van der Waals surface area contributed by atoms with E-state index >= 15 is 0 Å². The van der Waals surface area contributed by atoms with Crippen LogP contribution in [0.25, 0.3) is 22.5 Å². The van der Waals surface area contributed by atoms with E-state index in [1.165, 1.54) is 18.3 Å². The number of nitrogens with zero attached hydrogens (tertiary/aromatic N) is 3. The number of benzene rings is 1. The van der Waals surface area contributed by atoms with Crippen molar-refractivity contribution in [1.29, 1.82) is 0 Å². The molecule has 1 aromatic carbocycles. The molecule has 6 nitrogen and oxygen atoms in total. The van der Waals surface area contributed by atoms with Crippen LogP contribution in [0, 0.1) is 18.6 Å². The Labute approximate surface area is 181 Å². The summed E-state index contributed by atoms with van der Waals surface area (Å²) < 4.78 is 48.8. The molecule has 2 aromatic heterocycles. The SMILES string of the molecule is Cc1nc(-c2c(F)cc(Cl)cc2-c2cnc(CCN[S+]([O-])C(C)(C)C)c(F)c2)no1. The molecule has 30 heavy (non-hydrogen) atoms. The number of hydrogen-bond acceptors (Lipinski definition) is 6. The molecule has 10 heteroatoms. The van der Waals surface area contributed by atoms with E-state index in [0.29, 0.717) is 17.7 Å². The van der Waals surface area contributed by atoms with E-state index in [9.17, 15) is 13.3 Å². The summed E-state index contributed by atoms with van der Waals surface area (Å²) >= 11 is 4.76. The summed E-state index contributed by atoms with van der Waals surface area (Å²) in [6.45, 7) is 7.41. The molecule has 0 aliphatic rings. The largest absolute Gasteiger partial charge is 0.598 e. The van der Waals surface area contributed by atoms with Gasteiger partial charge in [0.2, 0.25) is 11.7 Å². The van der Waals surface area contributed by atoms with Gasteiger partial charge in [-0.2, -0.15) is 4.98 Å². The Kier molecular flexibility index (Phi) is 6.76. The van der Waals surface area contributed by atoms with Crippen molar-refractivity contribution in [3.8, 4) is 22.5 Å². The molecule has 2 heterocycles. The molecule has 0 saturated heterocycles. The Bertz CT molecular complexity index is 1060. The Morgan fingerprint density at radius 3 is 2.53 bits per heavy atom. The lowest BCUT2D eigenvalue weighted by atomic mass is 9.99. The van der Waals surface area contributed by atoms with Crippen LogP contribution >= 0.6 is 11.6 Å². The van der Waals surface area contributed by atoms with Gasteiger partial charge in [-0.25, -0.2) is 8.78 Å². The van der Waals surface area contributed by atoms with Gasteiger partial charge in [-0.05, 0) is 44.5 Å². The van der Waals surface area contributed by atoms with Gasteiger partial charge in [-0.15, -0.1) is 4.72 Å². The Morgan fingerprint density at radius 2 is 1.93 bits per heavy atom. The van der Waals surface area contributed by atoms with Crippen LogP contribution in [-0.4, -0.2) is 31.0 Å². The van der Waals surface area contributed by atoms with Gasteiger partial charge in [0.15, 0.2) is 0 Å². The molecule has 3 rings (SSSR count). The zero-order chi connectivity index (χ0) is 22.1. The highest BCUT2D eigenvalue weighted by molar-refractivity contribution is 7.90. The number of halogens is 3. The molecule has 160 valence electrons. The van der Waals surface area contributed by atoms with E-state index in [4.69, 9.17) is 16.1 Å². The van der Waals surface area contributed by atoms with Crippen molar-refractivity contribution < 1.29 is 17.9 Å². The molecule has 1 unspecified atom stereocenters. The van der Waals surface area contributed by atoms with Crippen LogP contribution < -0.4 is 4.72 Å². The molecule has 0 radical (unpaired) electrons. The lowest BCUT2D eigenvalue weighted by Crippen LogP contribution is -2.40. The normalized spacial score (nSPS) is 12.9. The topological polar surface area (TPSA) is 86.9 Å². The van der Waals surface area contributed by atoms with E-state index in [1.807, 2.05) is 20.8 Å². The summed E-state index contributed by atoms with van der Waals surface area (Å²) in [6.07, 6.45) is 1.68. The van der Waals surface area contributed by atoms with Crippen LogP contribution in [0.3, 0.4) is 0 Å². The zero-order valence-corrected chi connectivity index (χ0v) is 18.5. The zero-order valence-electron chi connectivity index (χ0n) is 16.9. The minimum Gasteiger partial charge on any atom is -0.598 e. The van der Waals surface area contributed by atoms with Crippen molar-refractivity contribution in [3.63, 3.8) is 0 Å². The standard InChI is InChI=1S/C20H21ClF2N4O2S/c1-11-26-19(27-29-11)18-14(8-13(21)9-16(18)23)12-7-15(22)17(24-10-12)5-6-25-30(28)20(2,3)4/h7-10,25H,5-6H2,1-4H3. The van der Waals surface area contributed by atoms with Crippen molar-refractivity contribution in [2.24, 2.45) is 0 Å². The first-order valence-electron chi connectivity index (χ1n) is 9.16. The van der Waals surface area contributed by atoms with Gasteiger partial charge in [-0.1, -0.05) is 16.8 Å². The van der Waals surface area contributed by atoms with Gasteiger partial charge in [0.1, 0.15) is 16.4 Å². The minimum atomic E-state index is -1.26. The molecule has 3 aromatic rings. The summed E-state index contributed by atoms with van der Waals surface area (Å²) in [6, 6.07) is 3.88. The molecule has 0 amide bonds. The number of pyridine rings is 1. The van der Waals surface area contributed by atoms with Crippen molar-refractivity contribution in [1.82, 2.24) is 19.8 Å². The molecule has 0 bridgehead atoms. The Hall–Kier alpha value is -2.07.